The lowest BCUT2D eigenvalue weighted by Crippen LogP contribution is -2.36. The number of nitrogens with zero attached hydrogens (tertiary/aromatic N) is 1. The van der Waals surface area contributed by atoms with Gasteiger partial charge in [0.25, 0.3) is 5.91 Å². The summed E-state index contributed by atoms with van der Waals surface area (Å²) < 4.78 is 37.6. The number of esters is 1. The number of carbonyl (C=O) groups is 2. The summed E-state index contributed by atoms with van der Waals surface area (Å²) in [5.74, 6) is -0.912. The molecule has 0 aliphatic carbocycles. The van der Waals surface area contributed by atoms with Crippen molar-refractivity contribution in [3.05, 3.63) is 53.1 Å². The number of anilines is 1. The van der Waals surface area contributed by atoms with Crippen LogP contribution in [0.25, 0.3) is 0 Å². The van der Waals surface area contributed by atoms with Crippen LogP contribution in [0.3, 0.4) is 0 Å². The van der Waals surface area contributed by atoms with E-state index < -0.39 is 28.5 Å². The Morgan fingerprint density at radius 2 is 1.81 bits per heavy atom. The number of aryl methyl sites for hydroxylation is 1. The lowest BCUT2D eigenvalue weighted by atomic mass is 10.2. The third kappa shape index (κ3) is 6.44. The van der Waals surface area contributed by atoms with E-state index >= 15 is 0 Å². The number of amides is 1. The van der Waals surface area contributed by atoms with Gasteiger partial charge in [-0.3, -0.25) is 4.79 Å². The van der Waals surface area contributed by atoms with Crippen molar-refractivity contribution in [3.63, 3.8) is 0 Å². The molecule has 0 aromatic heterocycles. The molecule has 3 rings (SSSR count). The highest BCUT2D eigenvalue weighted by Crippen LogP contribution is 2.26. The fraction of sp³-hybridized carbons (Fsp3) is 0.364. The number of benzene rings is 2. The van der Waals surface area contributed by atoms with Crippen molar-refractivity contribution in [1.29, 1.82) is 0 Å². The molecule has 0 atom stereocenters. The smallest absolute Gasteiger partial charge is 0.344 e. The summed E-state index contributed by atoms with van der Waals surface area (Å²) in [6.45, 7) is 1.79. The molecular formula is C22H25ClN2O6S. The molecule has 2 aromatic carbocycles. The largest absolute Gasteiger partial charge is 0.482 e. The van der Waals surface area contributed by atoms with Gasteiger partial charge in [-0.25, -0.2) is 13.2 Å². The van der Waals surface area contributed by atoms with Crippen LogP contribution in [-0.4, -0.2) is 50.9 Å². The van der Waals surface area contributed by atoms with E-state index in [0.29, 0.717) is 35.1 Å². The lowest BCUT2D eigenvalue weighted by Gasteiger charge is -2.26. The van der Waals surface area contributed by atoms with Gasteiger partial charge in [-0.2, -0.15) is 4.31 Å². The SMILES string of the molecule is Cc1ccc(NC(=O)COC(=O)COc2cccc(Cl)c2)cc1S(=O)(=O)N1CCCCC1. The average molecular weight is 481 g/mol. The van der Waals surface area contributed by atoms with Crippen molar-refractivity contribution in [1.82, 2.24) is 4.31 Å². The van der Waals surface area contributed by atoms with E-state index in [-0.39, 0.29) is 11.5 Å². The molecule has 1 heterocycles. The Bertz CT molecular complexity index is 1080. The number of sulfonamides is 1. The first kappa shape index (κ1) is 24.0. The molecule has 2 aromatic rings. The van der Waals surface area contributed by atoms with Crippen LogP contribution in [0.4, 0.5) is 5.69 Å². The van der Waals surface area contributed by atoms with Crippen molar-refractivity contribution in [2.24, 2.45) is 0 Å². The molecule has 0 radical (unpaired) electrons. The molecule has 0 saturated carbocycles. The van der Waals surface area contributed by atoms with Crippen LogP contribution < -0.4 is 10.1 Å². The van der Waals surface area contributed by atoms with Gasteiger partial charge in [0.05, 0.1) is 4.90 Å². The van der Waals surface area contributed by atoms with Gasteiger partial charge in [0, 0.05) is 23.8 Å². The van der Waals surface area contributed by atoms with E-state index in [0.717, 1.165) is 19.3 Å². The number of piperidine rings is 1. The fourth-order valence-corrected chi connectivity index (χ4v) is 5.23. The molecular weight excluding hydrogens is 456 g/mol. The summed E-state index contributed by atoms with van der Waals surface area (Å²) in [6.07, 6.45) is 2.69. The number of ether oxygens (including phenoxy) is 2. The topological polar surface area (TPSA) is 102 Å². The quantitative estimate of drug-likeness (QED) is 0.581. The molecule has 32 heavy (non-hydrogen) atoms. The van der Waals surface area contributed by atoms with E-state index in [4.69, 9.17) is 21.1 Å². The second-order valence-corrected chi connectivity index (χ2v) is 9.74. The van der Waals surface area contributed by atoms with Gasteiger partial charge in [0.2, 0.25) is 10.0 Å². The Morgan fingerprint density at radius 3 is 2.53 bits per heavy atom. The molecule has 172 valence electrons. The van der Waals surface area contributed by atoms with Gasteiger partial charge < -0.3 is 14.8 Å². The first-order chi connectivity index (χ1) is 15.3. The summed E-state index contributed by atoms with van der Waals surface area (Å²) in [5, 5.41) is 3.03. The zero-order chi connectivity index (χ0) is 23.1. The predicted molar refractivity (Wildman–Crippen MR) is 120 cm³/mol. The molecule has 8 nitrogen and oxygen atoms in total. The number of carbonyl (C=O) groups excluding carboxylic acids is 2. The molecule has 0 spiro atoms. The number of rotatable bonds is 8. The molecule has 0 bridgehead atoms. The molecule has 1 aliphatic heterocycles. The van der Waals surface area contributed by atoms with Crippen LogP contribution in [0, 0.1) is 6.92 Å². The normalized spacial score (nSPS) is 14.6. The van der Waals surface area contributed by atoms with Crippen LogP contribution in [0.15, 0.2) is 47.4 Å². The highest BCUT2D eigenvalue weighted by atomic mass is 35.5. The monoisotopic (exact) mass is 480 g/mol. The summed E-state index contributed by atoms with van der Waals surface area (Å²) in [4.78, 5) is 24.2. The maximum Gasteiger partial charge on any atom is 0.344 e. The molecule has 10 heteroatoms. The number of nitrogens with one attached hydrogen (secondary N) is 1. The molecule has 1 N–H and O–H groups in total. The Balaban J connectivity index is 1.54. The second-order valence-electron chi connectivity index (χ2n) is 7.40. The second kappa shape index (κ2) is 10.8. The summed E-state index contributed by atoms with van der Waals surface area (Å²) in [7, 11) is -3.64. The highest BCUT2D eigenvalue weighted by Gasteiger charge is 2.27. The van der Waals surface area contributed by atoms with Crippen molar-refractivity contribution >= 4 is 39.2 Å². The summed E-state index contributed by atoms with van der Waals surface area (Å²) in [6, 6.07) is 11.2. The van der Waals surface area contributed by atoms with Crippen molar-refractivity contribution < 1.29 is 27.5 Å². The zero-order valence-corrected chi connectivity index (χ0v) is 19.2. The lowest BCUT2D eigenvalue weighted by molar-refractivity contribution is -0.149. The molecule has 0 unspecified atom stereocenters. The van der Waals surface area contributed by atoms with E-state index in [1.807, 2.05) is 0 Å². The van der Waals surface area contributed by atoms with Gasteiger partial charge in [-0.1, -0.05) is 30.2 Å². The Labute approximate surface area is 192 Å². The maximum absolute atomic E-state index is 13.0. The van der Waals surface area contributed by atoms with E-state index in [1.165, 1.54) is 10.4 Å². The Hall–Kier alpha value is -2.62. The summed E-state index contributed by atoms with van der Waals surface area (Å²) >= 11 is 5.84. The van der Waals surface area contributed by atoms with Crippen LogP contribution >= 0.6 is 11.6 Å². The minimum Gasteiger partial charge on any atom is -0.482 e. The maximum atomic E-state index is 13.0. The van der Waals surface area contributed by atoms with Crippen LogP contribution in [0.2, 0.25) is 5.02 Å². The third-order valence-corrected chi connectivity index (χ3v) is 7.20. The first-order valence-electron chi connectivity index (χ1n) is 10.2. The van der Waals surface area contributed by atoms with Gasteiger partial charge in [-0.15, -0.1) is 0 Å². The molecule has 1 aliphatic rings. The highest BCUT2D eigenvalue weighted by molar-refractivity contribution is 7.89. The zero-order valence-electron chi connectivity index (χ0n) is 17.7. The minimum atomic E-state index is -3.64. The van der Waals surface area contributed by atoms with Crippen LogP contribution in [0.1, 0.15) is 24.8 Å². The summed E-state index contributed by atoms with van der Waals surface area (Å²) in [5.41, 5.74) is 0.903. The Kier molecular flexibility index (Phi) is 8.11. The van der Waals surface area contributed by atoms with Gasteiger partial charge in [0.15, 0.2) is 13.2 Å². The fourth-order valence-electron chi connectivity index (χ4n) is 3.28. The standard InChI is InChI=1S/C22H25ClN2O6S/c1-16-8-9-18(13-20(16)32(28,29)25-10-3-2-4-11-25)24-21(26)14-31-22(27)15-30-19-7-5-6-17(23)12-19/h5-9,12-13H,2-4,10-11,14-15H2,1H3,(H,24,26). The molecule has 1 saturated heterocycles. The number of halogens is 1. The van der Waals surface area contributed by atoms with Gasteiger partial charge in [0.1, 0.15) is 5.75 Å². The molecule has 1 fully saturated rings. The van der Waals surface area contributed by atoms with Crippen molar-refractivity contribution in [3.8, 4) is 5.75 Å². The minimum absolute atomic E-state index is 0.157. The van der Waals surface area contributed by atoms with Crippen LogP contribution in [-0.2, 0) is 24.3 Å². The van der Waals surface area contributed by atoms with Crippen molar-refractivity contribution in [2.75, 3.05) is 31.6 Å². The Morgan fingerprint density at radius 1 is 1.06 bits per heavy atom. The van der Waals surface area contributed by atoms with E-state index in [1.54, 1.807) is 43.3 Å². The third-order valence-electron chi connectivity index (χ3n) is 4.92. The number of hydrogen-bond donors (Lipinski definition) is 1. The van der Waals surface area contributed by atoms with E-state index in [2.05, 4.69) is 5.32 Å². The van der Waals surface area contributed by atoms with E-state index in [9.17, 15) is 18.0 Å². The average Bonchev–Trinajstić information content (AvgIpc) is 2.78. The predicted octanol–water partition coefficient (Wildman–Crippen LogP) is 3.38. The first-order valence-corrected chi connectivity index (χ1v) is 12.0. The molecule has 1 amide bonds. The van der Waals surface area contributed by atoms with Gasteiger partial charge >= 0.3 is 5.97 Å². The number of hydrogen-bond acceptors (Lipinski definition) is 6. The van der Waals surface area contributed by atoms with Gasteiger partial charge in [-0.05, 0) is 55.7 Å². The van der Waals surface area contributed by atoms with Crippen molar-refractivity contribution in [2.45, 2.75) is 31.1 Å². The van der Waals surface area contributed by atoms with Crippen LogP contribution in [0.5, 0.6) is 5.75 Å².